The van der Waals surface area contributed by atoms with E-state index in [1.54, 1.807) is 14.2 Å². The van der Waals surface area contributed by atoms with Gasteiger partial charge in [-0.1, -0.05) is 137 Å². The van der Waals surface area contributed by atoms with Crippen molar-refractivity contribution in [2.24, 2.45) is 10.8 Å². The average molecular weight is 789 g/mol. The van der Waals surface area contributed by atoms with Crippen LogP contribution in [0.4, 0.5) is 0 Å². The molecule has 0 radical (unpaired) electrons. The van der Waals surface area contributed by atoms with Crippen LogP contribution < -0.4 is 14.2 Å². The summed E-state index contributed by atoms with van der Waals surface area (Å²) in [5, 5.41) is 13.4. The van der Waals surface area contributed by atoms with Gasteiger partial charge in [0.1, 0.15) is 17.2 Å². The smallest absolute Gasteiger partial charge is 0.178 e. The van der Waals surface area contributed by atoms with Gasteiger partial charge in [0, 0.05) is 27.5 Å². The first-order valence-electron chi connectivity index (χ1n) is 21.2. The third-order valence-corrected chi connectivity index (χ3v) is 13.5. The molecule has 10 rings (SSSR count). The quantitative estimate of drug-likeness (QED) is 0.175. The summed E-state index contributed by atoms with van der Waals surface area (Å²) in [4.78, 5) is 0. The molecule has 1 saturated carbocycles. The molecule has 2 aliphatic carbocycles. The predicted molar refractivity (Wildman–Crippen MR) is 245 cm³/mol. The van der Waals surface area contributed by atoms with Crippen LogP contribution in [0.3, 0.4) is 0 Å². The highest BCUT2D eigenvalue weighted by Crippen LogP contribution is 2.67. The Labute approximate surface area is 354 Å². The number of hydrogen-bond acceptors (Lipinski definition) is 4. The van der Waals surface area contributed by atoms with Gasteiger partial charge >= 0.3 is 0 Å². The number of aliphatic hydroxyl groups excluding tert-OH is 1. The van der Waals surface area contributed by atoms with Crippen molar-refractivity contribution in [3.63, 3.8) is 0 Å². The second kappa shape index (κ2) is 14.0. The first-order valence-corrected chi connectivity index (χ1v) is 21.2. The van der Waals surface area contributed by atoms with E-state index in [1.165, 1.54) is 27.8 Å². The summed E-state index contributed by atoms with van der Waals surface area (Å²) < 4.78 is 19.1. The van der Waals surface area contributed by atoms with Gasteiger partial charge in [-0.2, -0.15) is 0 Å². The summed E-state index contributed by atoms with van der Waals surface area (Å²) >= 11 is 0. The average Bonchev–Trinajstić information content (AvgIpc) is 3.53. The molecule has 60 heavy (non-hydrogen) atoms. The highest BCUT2D eigenvalue weighted by Gasteiger charge is 2.55. The van der Waals surface area contributed by atoms with Gasteiger partial charge in [0.25, 0.3) is 0 Å². The highest BCUT2D eigenvalue weighted by atomic mass is 16.5. The molecule has 1 spiro atoms. The van der Waals surface area contributed by atoms with Crippen molar-refractivity contribution in [2.45, 2.75) is 64.6 Å². The van der Waals surface area contributed by atoms with E-state index in [9.17, 15) is 5.11 Å². The largest absolute Gasteiger partial charge is 0.497 e. The van der Waals surface area contributed by atoms with Gasteiger partial charge in [0.15, 0.2) is 5.60 Å². The summed E-state index contributed by atoms with van der Waals surface area (Å²) in [6.07, 6.45) is 7.84. The zero-order chi connectivity index (χ0) is 41.4. The number of ether oxygens (including phenoxy) is 3. The molecule has 0 unspecified atom stereocenters. The van der Waals surface area contributed by atoms with Gasteiger partial charge in [-0.05, 0) is 128 Å². The summed E-state index contributed by atoms with van der Waals surface area (Å²) in [6, 6.07) is 49.3. The molecular formula is C56H52O4. The normalized spacial score (nSPS) is 17.4. The van der Waals surface area contributed by atoms with Gasteiger partial charge in [0.05, 0.1) is 20.8 Å². The lowest BCUT2D eigenvalue weighted by molar-refractivity contribution is 0.0642. The molecule has 7 aromatic carbocycles. The van der Waals surface area contributed by atoms with Crippen LogP contribution in [-0.2, 0) is 17.6 Å². The molecule has 4 heteroatoms. The van der Waals surface area contributed by atoms with Gasteiger partial charge in [0.2, 0.25) is 0 Å². The molecule has 4 nitrogen and oxygen atoms in total. The summed E-state index contributed by atoms with van der Waals surface area (Å²) in [5.74, 6) is 2.43. The minimum Gasteiger partial charge on any atom is -0.497 e. The Kier molecular flexibility index (Phi) is 8.89. The molecule has 7 aromatic rings. The minimum absolute atomic E-state index is 0.0905. The molecule has 300 valence electrons. The molecule has 1 fully saturated rings. The van der Waals surface area contributed by atoms with Gasteiger partial charge in [-0.25, -0.2) is 0 Å². The lowest BCUT2D eigenvalue weighted by Crippen LogP contribution is -2.44. The SMILES string of the molecule is COc1ccc(C2(c3ccc(OC)cc3)C=Cc3c4c(c5cc(CO)c(-c6ccc(-c7ccccc7)cc6)cc5c3O2)-c2ccccc2C42CC(C)(C)CC(C)(C)C2)cc1. The van der Waals surface area contributed by atoms with E-state index in [1.807, 2.05) is 30.3 Å². The van der Waals surface area contributed by atoms with E-state index in [0.29, 0.717) is 0 Å². The van der Waals surface area contributed by atoms with Gasteiger partial charge in [-0.15, -0.1) is 0 Å². The fraction of sp³-hybridized carbons (Fsp3) is 0.250. The van der Waals surface area contributed by atoms with Crippen LogP contribution in [0.15, 0.2) is 146 Å². The first kappa shape index (κ1) is 38.1. The Balaban J connectivity index is 1.29. The number of benzene rings is 7. The maximum atomic E-state index is 11.2. The summed E-state index contributed by atoms with van der Waals surface area (Å²) in [7, 11) is 3.40. The van der Waals surface area contributed by atoms with Crippen molar-refractivity contribution in [3.8, 4) is 50.6 Å². The Morgan fingerprint density at radius 2 is 1.15 bits per heavy atom. The number of fused-ring (bicyclic) bond motifs is 10. The van der Waals surface area contributed by atoms with Crippen molar-refractivity contribution in [2.75, 3.05) is 14.2 Å². The fourth-order valence-corrected chi connectivity index (χ4v) is 11.8. The van der Waals surface area contributed by atoms with E-state index in [2.05, 4.69) is 149 Å². The van der Waals surface area contributed by atoms with Crippen molar-refractivity contribution in [1.82, 2.24) is 0 Å². The van der Waals surface area contributed by atoms with Crippen molar-refractivity contribution >= 4 is 16.8 Å². The molecule has 3 aliphatic rings. The Hall–Kier alpha value is -6.10. The predicted octanol–water partition coefficient (Wildman–Crippen LogP) is 13.5. The second-order valence-electron chi connectivity index (χ2n) is 18.8. The molecule has 0 saturated heterocycles. The Bertz CT molecular complexity index is 2730. The van der Waals surface area contributed by atoms with Gasteiger partial charge in [-0.3, -0.25) is 0 Å². The lowest BCUT2D eigenvalue weighted by Gasteiger charge is -2.52. The number of hydrogen-bond donors (Lipinski definition) is 1. The van der Waals surface area contributed by atoms with Crippen LogP contribution in [0.1, 0.15) is 80.3 Å². The molecule has 0 atom stereocenters. The minimum atomic E-state index is -0.969. The van der Waals surface area contributed by atoms with Crippen LogP contribution in [-0.4, -0.2) is 19.3 Å². The molecule has 0 amide bonds. The van der Waals surface area contributed by atoms with Crippen LogP contribution in [0.5, 0.6) is 17.2 Å². The van der Waals surface area contributed by atoms with E-state index in [4.69, 9.17) is 14.2 Å². The van der Waals surface area contributed by atoms with Crippen molar-refractivity contribution in [1.29, 1.82) is 0 Å². The molecule has 0 bridgehead atoms. The van der Waals surface area contributed by atoms with Gasteiger partial charge < -0.3 is 19.3 Å². The number of aliphatic hydroxyl groups is 1. The summed E-state index contributed by atoms with van der Waals surface area (Å²) in [6.45, 7) is 9.72. The molecule has 1 heterocycles. The second-order valence-corrected chi connectivity index (χ2v) is 18.8. The first-order chi connectivity index (χ1) is 29.0. The van der Waals surface area contributed by atoms with Crippen LogP contribution >= 0.6 is 0 Å². The number of rotatable bonds is 7. The fourth-order valence-electron chi connectivity index (χ4n) is 11.8. The van der Waals surface area contributed by atoms with Crippen LogP contribution in [0, 0.1) is 10.8 Å². The third-order valence-electron chi connectivity index (χ3n) is 13.5. The maximum Gasteiger partial charge on any atom is 0.178 e. The lowest BCUT2D eigenvalue weighted by atomic mass is 9.52. The number of methoxy groups -OCH3 is 2. The molecule has 0 aromatic heterocycles. The zero-order valence-corrected chi connectivity index (χ0v) is 35.4. The molecule has 1 aliphatic heterocycles. The molecule has 1 N–H and O–H groups in total. The zero-order valence-electron chi connectivity index (χ0n) is 35.4. The topological polar surface area (TPSA) is 47.9 Å². The standard InChI is InChI=1S/C56H52O4/c1-53(2)33-54(3,4)35-55(34-53)49-15-11-10-14-44(49)50-47-30-39(32-57)46(38-18-16-37(17-19-38)36-12-8-7-9-13-36)31-48(47)52-45(51(50)55)28-29-56(60-52,40-20-24-42(58-5)25-21-40)41-22-26-43(59-6)27-23-41/h7-31,57H,32-35H2,1-6H3. The molecular weight excluding hydrogens is 737 g/mol. The van der Waals surface area contributed by atoms with E-state index in [0.717, 1.165) is 86.2 Å². The maximum absolute atomic E-state index is 11.2. The van der Waals surface area contributed by atoms with Crippen molar-refractivity contribution in [3.05, 3.63) is 179 Å². The Morgan fingerprint density at radius 1 is 0.583 bits per heavy atom. The van der Waals surface area contributed by atoms with E-state index in [-0.39, 0.29) is 22.9 Å². The van der Waals surface area contributed by atoms with E-state index >= 15 is 0 Å². The monoisotopic (exact) mass is 788 g/mol. The highest BCUT2D eigenvalue weighted by molar-refractivity contribution is 6.10. The van der Waals surface area contributed by atoms with Crippen molar-refractivity contribution < 1.29 is 19.3 Å². The van der Waals surface area contributed by atoms with Crippen LogP contribution in [0.2, 0.25) is 0 Å². The Morgan fingerprint density at radius 3 is 1.75 bits per heavy atom. The van der Waals surface area contributed by atoms with Crippen LogP contribution in [0.25, 0.3) is 50.2 Å². The third kappa shape index (κ3) is 5.98. The van der Waals surface area contributed by atoms with E-state index < -0.39 is 5.60 Å². The summed E-state index contributed by atoms with van der Waals surface area (Å²) in [5.41, 5.74) is 12.7.